The largest absolute Gasteiger partial charge is 0.311 e. The quantitative estimate of drug-likeness (QED) is 0.718. The Kier molecular flexibility index (Phi) is 2.35. The van der Waals surface area contributed by atoms with Crippen molar-refractivity contribution >= 4 is 5.65 Å². The zero-order valence-electron chi connectivity index (χ0n) is 10.5. The third-order valence-electron chi connectivity index (χ3n) is 3.55. The molecule has 19 heavy (non-hydrogen) atoms. The van der Waals surface area contributed by atoms with E-state index >= 15 is 0 Å². The zero-order chi connectivity index (χ0) is 12.7. The Balaban J connectivity index is 1.91. The van der Waals surface area contributed by atoms with Crippen molar-refractivity contribution < 1.29 is 0 Å². The molecule has 0 aliphatic carbocycles. The van der Waals surface area contributed by atoms with Gasteiger partial charge < -0.3 is 5.32 Å². The van der Waals surface area contributed by atoms with Gasteiger partial charge in [0.15, 0.2) is 5.65 Å². The van der Waals surface area contributed by atoms with E-state index in [1.807, 2.05) is 34.8 Å². The second-order valence-corrected chi connectivity index (χ2v) is 4.79. The minimum Gasteiger partial charge on any atom is -0.311 e. The highest BCUT2D eigenvalue weighted by atomic mass is 15.3. The predicted molar refractivity (Wildman–Crippen MR) is 73.8 cm³/mol. The lowest BCUT2D eigenvalue weighted by Gasteiger charge is -2.11. The third-order valence-corrected chi connectivity index (χ3v) is 3.55. The smallest absolute Gasteiger partial charge is 0.154 e. The van der Waals surface area contributed by atoms with Gasteiger partial charge in [-0.1, -0.05) is 30.3 Å². The van der Waals surface area contributed by atoms with Crippen LogP contribution in [0, 0.1) is 0 Å². The van der Waals surface area contributed by atoms with Crippen molar-refractivity contribution in [2.75, 3.05) is 6.54 Å². The summed E-state index contributed by atoms with van der Waals surface area (Å²) < 4.78 is 1.98. The first-order valence-corrected chi connectivity index (χ1v) is 6.55. The average Bonchev–Trinajstić information content (AvgIpc) is 2.86. The molecule has 4 rings (SSSR count). The van der Waals surface area contributed by atoms with Crippen molar-refractivity contribution in [2.24, 2.45) is 0 Å². The highest BCUT2D eigenvalue weighted by molar-refractivity contribution is 5.60. The number of benzene rings is 1. The molecular formula is C15H14N4. The highest BCUT2D eigenvalue weighted by Gasteiger charge is 2.16. The van der Waals surface area contributed by atoms with Crippen LogP contribution in [-0.4, -0.2) is 21.1 Å². The first-order chi connectivity index (χ1) is 9.42. The molecule has 0 bridgehead atoms. The summed E-state index contributed by atoms with van der Waals surface area (Å²) in [6.45, 7) is 1.85. The summed E-state index contributed by atoms with van der Waals surface area (Å²) in [5.74, 6) is 0. The Hall–Kier alpha value is -2.20. The van der Waals surface area contributed by atoms with Gasteiger partial charge in [-0.3, -0.25) is 0 Å². The molecule has 3 aromatic rings. The molecule has 2 aromatic heterocycles. The number of hydrogen-bond donors (Lipinski definition) is 1. The number of rotatable bonds is 1. The van der Waals surface area contributed by atoms with Crippen molar-refractivity contribution in [2.45, 2.75) is 13.0 Å². The van der Waals surface area contributed by atoms with Gasteiger partial charge in [0.1, 0.15) is 0 Å². The molecule has 94 valence electrons. The van der Waals surface area contributed by atoms with Gasteiger partial charge in [-0.25, -0.2) is 9.50 Å². The van der Waals surface area contributed by atoms with Crippen LogP contribution in [0.4, 0.5) is 0 Å². The summed E-state index contributed by atoms with van der Waals surface area (Å²) in [5, 5.41) is 8.11. The molecule has 0 amide bonds. The van der Waals surface area contributed by atoms with E-state index < -0.39 is 0 Å². The van der Waals surface area contributed by atoms with E-state index in [4.69, 9.17) is 5.10 Å². The van der Waals surface area contributed by atoms with Gasteiger partial charge in [0.25, 0.3) is 0 Å². The standard InChI is InChI=1S/C15H14N4/c1-2-4-11(5-3-1)12-6-7-15-17-13-8-9-16-10-14(13)19(15)18-12/h1-7,16H,8-10H2. The maximum absolute atomic E-state index is 4.73. The van der Waals surface area contributed by atoms with Gasteiger partial charge in [-0.2, -0.15) is 5.10 Å². The van der Waals surface area contributed by atoms with Crippen LogP contribution in [0.5, 0.6) is 0 Å². The van der Waals surface area contributed by atoms with E-state index in [0.717, 1.165) is 36.4 Å². The van der Waals surface area contributed by atoms with Crippen molar-refractivity contribution in [1.29, 1.82) is 0 Å². The van der Waals surface area contributed by atoms with Crippen LogP contribution >= 0.6 is 0 Å². The lowest BCUT2D eigenvalue weighted by atomic mass is 10.1. The number of nitrogens with zero attached hydrogens (tertiary/aromatic N) is 3. The van der Waals surface area contributed by atoms with Gasteiger partial charge in [-0.05, 0) is 12.1 Å². The lowest BCUT2D eigenvalue weighted by Crippen LogP contribution is -2.24. The minimum absolute atomic E-state index is 0.849. The van der Waals surface area contributed by atoms with E-state index in [-0.39, 0.29) is 0 Å². The normalized spacial score (nSPS) is 14.5. The molecule has 0 saturated heterocycles. The number of hydrogen-bond acceptors (Lipinski definition) is 3. The molecule has 0 fully saturated rings. The molecule has 4 nitrogen and oxygen atoms in total. The van der Waals surface area contributed by atoms with Crippen LogP contribution in [-0.2, 0) is 13.0 Å². The Morgan fingerprint density at radius 3 is 2.84 bits per heavy atom. The van der Waals surface area contributed by atoms with E-state index in [9.17, 15) is 0 Å². The first kappa shape index (κ1) is 10.7. The Morgan fingerprint density at radius 1 is 1.05 bits per heavy atom. The average molecular weight is 250 g/mol. The number of fused-ring (bicyclic) bond motifs is 3. The third kappa shape index (κ3) is 1.72. The van der Waals surface area contributed by atoms with Crippen molar-refractivity contribution in [3.63, 3.8) is 0 Å². The van der Waals surface area contributed by atoms with Crippen LogP contribution < -0.4 is 5.32 Å². The van der Waals surface area contributed by atoms with Gasteiger partial charge in [0.05, 0.1) is 17.1 Å². The maximum Gasteiger partial charge on any atom is 0.154 e. The summed E-state index contributed by atoms with van der Waals surface area (Å²) >= 11 is 0. The van der Waals surface area contributed by atoms with Gasteiger partial charge >= 0.3 is 0 Å². The summed E-state index contributed by atoms with van der Waals surface area (Å²) in [6.07, 6.45) is 0.985. The molecule has 1 aromatic carbocycles. The summed E-state index contributed by atoms with van der Waals surface area (Å²) in [6, 6.07) is 14.3. The molecule has 1 aliphatic heterocycles. The summed E-state index contributed by atoms with van der Waals surface area (Å²) in [7, 11) is 0. The fourth-order valence-electron chi connectivity index (χ4n) is 2.58. The maximum atomic E-state index is 4.73. The lowest BCUT2D eigenvalue weighted by molar-refractivity contribution is 0.611. The molecule has 0 radical (unpaired) electrons. The van der Waals surface area contributed by atoms with E-state index in [1.54, 1.807) is 0 Å². The first-order valence-electron chi connectivity index (χ1n) is 6.55. The van der Waals surface area contributed by atoms with Crippen LogP contribution in [0.1, 0.15) is 11.4 Å². The van der Waals surface area contributed by atoms with Crippen LogP contribution in [0.2, 0.25) is 0 Å². The second kappa shape index (κ2) is 4.17. The second-order valence-electron chi connectivity index (χ2n) is 4.79. The van der Waals surface area contributed by atoms with Crippen LogP contribution in [0.15, 0.2) is 42.5 Å². The summed E-state index contributed by atoms with van der Waals surface area (Å²) in [5.41, 5.74) is 5.43. The SMILES string of the molecule is c1ccc(-c2ccc3nc4c(n3n2)CNCC4)cc1. The number of aromatic nitrogens is 3. The molecule has 3 heterocycles. The zero-order valence-corrected chi connectivity index (χ0v) is 10.5. The fourth-order valence-corrected chi connectivity index (χ4v) is 2.58. The van der Waals surface area contributed by atoms with E-state index in [0.29, 0.717) is 0 Å². The van der Waals surface area contributed by atoms with Crippen LogP contribution in [0.25, 0.3) is 16.9 Å². The number of imidazole rings is 1. The molecule has 1 aliphatic rings. The monoisotopic (exact) mass is 250 g/mol. The topological polar surface area (TPSA) is 42.2 Å². The van der Waals surface area contributed by atoms with Crippen molar-refractivity contribution in [3.05, 3.63) is 53.9 Å². The molecule has 0 saturated carbocycles. The van der Waals surface area contributed by atoms with E-state index in [1.165, 1.54) is 11.4 Å². The Bertz CT molecular complexity index is 730. The molecule has 1 N–H and O–H groups in total. The molecule has 0 atom stereocenters. The van der Waals surface area contributed by atoms with Crippen molar-refractivity contribution in [3.8, 4) is 11.3 Å². The fraction of sp³-hybridized carbons (Fsp3) is 0.200. The van der Waals surface area contributed by atoms with Gasteiger partial charge in [0, 0.05) is 25.1 Å². The highest BCUT2D eigenvalue weighted by Crippen LogP contribution is 2.20. The molecular weight excluding hydrogens is 236 g/mol. The number of nitrogens with one attached hydrogen (secondary N) is 1. The van der Waals surface area contributed by atoms with Gasteiger partial charge in [-0.15, -0.1) is 0 Å². The minimum atomic E-state index is 0.849. The molecule has 0 spiro atoms. The van der Waals surface area contributed by atoms with Gasteiger partial charge in [0.2, 0.25) is 0 Å². The Labute approximate surface area is 111 Å². The molecule has 0 unspecified atom stereocenters. The van der Waals surface area contributed by atoms with Crippen molar-refractivity contribution in [1.82, 2.24) is 19.9 Å². The summed E-state index contributed by atoms with van der Waals surface area (Å²) in [4.78, 5) is 4.65. The predicted octanol–water partition coefficient (Wildman–Crippen LogP) is 2.04. The van der Waals surface area contributed by atoms with E-state index in [2.05, 4.69) is 22.4 Å². The van der Waals surface area contributed by atoms with Crippen LogP contribution in [0.3, 0.4) is 0 Å². The Morgan fingerprint density at radius 2 is 1.95 bits per heavy atom. The molecule has 4 heteroatoms.